The molecule has 0 radical (unpaired) electrons. The molecule has 0 saturated carbocycles. The summed E-state index contributed by atoms with van der Waals surface area (Å²) in [6.07, 6.45) is 1.30. The lowest BCUT2D eigenvalue weighted by atomic mass is 10.1. The number of aromatic carboxylic acids is 1. The maximum atomic E-state index is 11.1. The molecule has 0 unspecified atom stereocenters. The number of nitrogens with zero attached hydrogens (tertiary/aromatic N) is 3. The van der Waals surface area contributed by atoms with E-state index in [1.165, 1.54) is 6.20 Å². The molecule has 0 fully saturated rings. The molecule has 6 heteroatoms. The highest BCUT2D eigenvalue weighted by atomic mass is 16.5. The van der Waals surface area contributed by atoms with E-state index < -0.39 is 5.97 Å². The molecule has 128 valence electrons. The maximum absolute atomic E-state index is 11.1. The summed E-state index contributed by atoms with van der Waals surface area (Å²) in [7, 11) is 0. The number of rotatable bonds is 5. The van der Waals surface area contributed by atoms with Crippen molar-refractivity contribution in [3.05, 3.63) is 77.1 Å². The fourth-order valence-electron chi connectivity index (χ4n) is 2.48. The molecule has 0 bridgehead atoms. The van der Waals surface area contributed by atoms with Crippen molar-refractivity contribution in [1.82, 2.24) is 9.97 Å². The number of ether oxygens (including phenoxy) is 1. The van der Waals surface area contributed by atoms with Crippen LogP contribution in [0.4, 0.5) is 0 Å². The van der Waals surface area contributed by atoms with E-state index in [0.717, 1.165) is 5.56 Å². The van der Waals surface area contributed by atoms with E-state index in [4.69, 9.17) is 15.1 Å². The number of nitriles is 1. The topological polar surface area (TPSA) is 96.1 Å². The van der Waals surface area contributed by atoms with Crippen LogP contribution in [0.3, 0.4) is 0 Å². The van der Waals surface area contributed by atoms with E-state index in [-0.39, 0.29) is 5.56 Å². The van der Waals surface area contributed by atoms with Crippen LogP contribution >= 0.6 is 0 Å². The molecule has 0 aliphatic rings. The molecule has 1 N–H and O–H groups in total. The quantitative estimate of drug-likeness (QED) is 0.759. The van der Waals surface area contributed by atoms with E-state index in [2.05, 4.69) is 16.0 Å². The maximum Gasteiger partial charge on any atom is 0.339 e. The van der Waals surface area contributed by atoms with E-state index in [1.807, 2.05) is 24.3 Å². The summed E-state index contributed by atoms with van der Waals surface area (Å²) in [5, 5.41) is 18.1. The Bertz CT molecular complexity index is 1010. The molecule has 1 aromatic heterocycles. The molecule has 0 aliphatic heterocycles. The number of aromatic nitrogens is 2. The highest BCUT2D eigenvalue weighted by Gasteiger charge is 2.14. The van der Waals surface area contributed by atoms with Crippen molar-refractivity contribution in [2.24, 2.45) is 0 Å². The zero-order valence-corrected chi connectivity index (χ0v) is 14.0. The monoisotopic (exact) mass is 345 g/mol. The van der Waals surface area contributed by atoms with Crippen LogP contribution in [0.2, 0.25) is 0 Å². The molecule has 2 aromatic carbocycles. The number of carboxylic acid groups (broad SMARTS) is 1. The van der Waals surface area contributed by atoms with Crippen LogP contribution in [-0.4, -0.2) is 21.0 Å². The first kappa shape index (κ1) is 17.1. The van der Waals surface area contributed by atoms with Crippen molar-refractivity contribution in [2.45, 2.75) is 13.5 Å². The van der Waals surface area contributed by atoms with Crippen molar-refractivity contribution < 1.29 is 14.6 Å². The Labute approximate surface area is 150 Å². The summed E-state index contributed by atoms with van der Waals surface area (Å²) in [6.45, 7) is 1.92. The number of hydrogen-bond acceptors (Lipinski definition) is 5. The SMILES string of the molecule is Cc1nc(-c2ccccc2OCc2cccc(C#N)c2)ncc1C(=O)O. The average Bonchev–Trinajstić information content (AvgIpc) is 2.66. The third-order valence-electron chi connectivity index (χ3n) is 3.79. The molecule has 26 heavy (non-hydrogen) atoms. The fourth-order valence-corrected chi connectivity index (χ4v) is 2.48. The van der Waals surface area contributed by atoms with Crippen LogP contribution in [0.5, 0.6) is 5.75 Å². The van der Waals surface area contributed by atoms with Gasteiger partial charge in [-0.25, -0.2) is 14.8 Å². The first-order chi connectivity index (χ1) is 12.6. The van der Waals surface area contributed by atoms with Gasteiger partial charge in [0.2, 0.25) is 0 Å². The Hall–Kier alpha value is -3.72. The minimum atomic E-state index is -1.06. The Morgan fingerprint density at radius 2 is 2.04 bits per heavy atom. The summed E-state index contributed by atoms with van der Waals surface area (Å²) in [5.41, 5.74) is 2.57. The number of carbonyl (C=O) groups is 1. The first-order valence-electron chi connectivity index (χ1n) is 7.86. The fraction of sp³-hybridized carbons (Fsp3) is 0.100. The van der Waals surface area contributed by atoms with Gasteiger partial charge in [0.25, 0.3) is 0 Å². The molecule has 0 aliphatic carbocycles. The lowest BCUT2D eigenvalue weighted by molar-refractivity contribution is 0.0695. The summed E-state index contributed by atoms with van der Waals surface area (Å²) < 4.78 is 5.89. The van der Waals surface area contributed by atoms with Gasteiger partial charge in [0.05, 0.1) is 28.5 Å². The Morgan fingerprint density at radius 1 is 1.23 bits per heavy atom. The molecule has 0 amide bonds. The molecule has 6 nitrogen and oxygen atoms in total. The summed E-state index contributed by atoms with van der Waals surface area (Å²) >= 11 is 0. The first-order valence-corrected chi connectivity index (χ1v) is 7.86. The summed E-state index contributed by atoms with van der Waals surface area (Å²) in [6, 6.07) is 16.6. The molecule has 0 saturated heterocycles. The van der Waals surface area contributed by atoms with Gasteiger partial charge in [0.15, 0.2) is 5.82 Å². The third kappa shape index (κ3) is 3.68. The molecule has 3 aromatic rings. The third-order valence-corrected chi connectivity index (χ3v) is 3.79. The van der Waals surface area contributed by atoms with E-state index >= 15 is 0 Å². The van der Waals surface area contributed by atoms with Gasteiger partial charge in [0.1, 0.15) is 12.4 Å². The second-order valence-corrected chi connectivity index (χ2v) is 5.59. The zero-order valence-electron chi connectivity index (χ0n) is 14.0. The van der Waals surface area contributed by atoms with Crippen molar-refractivity contribution in [2.75, 3.05) is 0 Å². The normalized spacial score (nSPS) is 10.2. The number of aryl methyl sites for hydroxylation is 1. The number of para-hydroxylation sites is 1. The van der Waals surface area contributed by atoms with Crippen molar-refractivity contribution in [3.63, 3.8) is 0 Å². The largest absolute Gasteiger partial charge is 0.488 e. The van der Waals surface area contributed by atoms with Crippen LogP contribution < -0.4 is 4.74 Å². The van der Waals surface area contributed by atoms with Gasteiger partial charge in [-0.1, -0.05) is 24.3 Å². The Kier molecular flexibility index (Phi) is 4.90. The predicted octanol–water partition coefficient (Wildman–Crippen LogP) is 3.60. The smallest absolute Gasteiger partial charge is 0.339 e. The highest BCUT2D eigenvalue weighted by Crippen LogP contribution is 2.28. The van der Waals surface area contributed by atoms with E-state index in [1.54, 1.807) is 31.2 Å². The van der Waals surface area contributed by atoms with Crippen LogP contribution in [-0.2, 0) is 6.61 Å². The molecular formula is C20H15N3O3. The summed E-state index contributed by atoms with van der Waals surface area (Å²) in [4.78, 5) is 19.6. The van der Waals surface area contributed by atoms with Gasteiger partial charge < -0.3 is 9.84 Å². The Balaban J connectivity index is 1.88. The van der Waals surface area contributed by atoms with Gasteiger partial charge in [0, 0.05) is 6.20 Å². The minimum absolute atomic E-state index is 0.0699. The van der Waals surface area contributed by atoms with Gasteiger partial charge in [-0.3, -0.25) is 0 Å². The number of hydrogen-bond donors (Lipinski definition) is 1. The number of benzene rings is 2. The Morgan fingerprint density at radius 3 is 2.77 bits per heavy atom. The molecular weight excluding hydrogens is 330 g/mol. The average molecular weight is 345 g/mol. The summed E-state index contributed by atoms with van der Waals surface area (Å²) in [5.74, 6) is -0.0813. The second-order valence-electron chi connectivity index (χ2n) is 5.59. The predicted molar refractivity (Wildman–Crippen MR) is 94.7 cm³/mol. The lowest BCUT2D eigenvalue weighted by Gasteiger charge is -2.11. The van der Waals surface area contributed by atoms with Crippen molar-refractivity contribution >= 4 is 5.97 Å². The second kappa shape index (κ2) is 7.45. The van der Waals surface area contributed by atoms with Gasteiger partial charge in [-0.2, -0.15) is 5.26 Å². The highest BCUT2D eigenvalue weighted by molar-refractivity contribution is 5.88. The molecule has 0 spiro atoms. The number of carboxylic acids is 1. The van der Waals surface area contributed by atoms with Crippen LogP contribution in [0, 0.1) is 18.3 Å². The molecule has 0 atom stereocenters. The van der Waals surface area contributed by atoms with Crippen LogP contribution in [0.1, 0.15) is 27.2 Å². The van der Waals surface area contributed by atoms with Gasteiger partial charge >= 0.3 is 5.97 Å². The van der Waals surface area contributed by atoms with Gasteiger partial charge in [-0.05, 0) is 36.8 Å². The van der Waals surface area contributed by atoms with Crippen LogP contribution in [0.25, 0.3) is 11.4 Å². The van der Waals surface area contributed by atoms with Crippen LogP contribution in [0.15, 0.2) is 54.7 Å². The minimum Gasteiger partial charge on any atom is -0.488 e. The van der Waals surface area contributed by atoms with Gasteiger partial charge in [-0.15, -0.1) is 0 Å². The van der Waals surface area contributed by atoms with Crippen molar-refractivity contribution in [1.29, 1.82) is 5.26 Å². The van der Waals surface area contributed by atoms with E-state index in [9.17, 15) is 4.79 Å². The van der Waals surface area contributed by atoms with Crippen molar-refractivity contribution in [3.8, 4) is 23.2 Å². The zero-order chi connectivity index (χ0) is 18.5. The lowest BCUT2D eigenvalue weighted by Crippen LogP contribution is -2.05. The van der Waals surface area contributed by atoms with E-state index in [0.29, 0.717) is 35.0 Å². The molecule has 3 rings (SSSR count). The standard InChI is InChI=1S/C20H15N3O3/c1-13-17(20(24)25)11-22-19(23-13)16-7-2-3-8-18(16)26-12-15-6-4-5-14(9-15)10-21/h2-9,11H,12H2,1H3,(H,24,25). The molecule has 1 heterocycles.